The third-order valence-corrected chi connectivity index (χ3v) is 6.56. The first-order valence-corrected chi connectivity index (χ1v) is 13.5. The maximum absolute atomic E-state index is 11.0. The Morgan fingerprint density at radius 1 is 1.00 bits per heavy atom. The van der Waals surface area contributed by atoms with E-state index in [2.05, 4.69) is 19.6 Å². The number of fused-ring (bicyclic) bond motifs is 1. The highest BCUT2D eigenvalue weighted by molar-refractivity contribution is 5.83. The van der Waals surface area contributed by atoms with Crippen molar-refractivity contribution in [2.75, 3.05) is 13.2 Å². The van der Waals surface area contributed by atoms with Crippen molar-refractivity contribution < 1.29 is 43.5 Å². The number of hydrogen-bond donors (Lipinski definition) is 4. The molecule has 0 aliphatic heterocycles. The average Bonchev–Trinajstić information content (AvgIpc) is 3.51. The summed E-state index contributed by atoms with van der Waals surface area (Å²) < 4.78 is 22.6. The van der Waals surface area contributed by atoms with E-state index >= 15 is 0 Å². The summed E-state index contributed by atoms with van der Waals surface area (Å²) in [6, 6.07) is 9.25. The molecule has 0 saturated carbocycles. The largest absolute Gasteiger partial charge is 0.491 e. The van der Waals surface area contributed by atoms with E-state index in [4.69, 9.17) is 18.3 Å². The number of aryl methyl sites for hydroxylation is 2. The van der Waals surface area contributed by atoms with Crippen LogP contribution in [0.1, 0.15) is 56.8 Å². The van der Waals surface area contributed by atoms with E-state index in [0.717, 1.165) is 48.5 Å². The molecule has 0 radical (unpaired) electrons. The quantitative estimate of drug-likeness (QED) is 0.110. The van der Waals surface area contributed by atoms with Gasteiger partial charge in [-0.25, -0.2) is 4.79 Å². The van der Waals surface area contributed by atoms with E-state index in [1.165, 1.54) is 0 Å². The molecule has 0 saturated heterocycles. The van der Waals surface area contributed by atoms with Gasteiger partial charge in [-0.05, 0) is 56.0 Å². The van der Waals surface area contributed by atoms with Gasteiger partial charge in [-0.2, -0.15) is 0 Å². The number of benzene rings is 1. The van der Waals surface area contributed by atoms with E-state index in [1.807, 2.05) is 19.1 Å². The molecule has 3 rings (SSSR count). The summed E-state index contributed by atoms with van der Waals surface area (Å²) in [6.45, 7) is 7.31. The van der Waals surface area contributed by atoms with Gasteiger partial charge in [-0.1, -0.05) is 26.3 Å². The lowest BCUT2D eigenvalue weighted by molar-refractivity contribution is -0.138. The number of carbonyl (C=O) groups excluding carboxylic acids is 1. The van der Waals surface area contributed by atoms with Gasteiger partial charge in [0.15, 0.2) is 11.5 Å². The minimum atomic E-state index is -1.32. The van der Waals surface area contributed by atoms with Crippen molar-refractivity contribution in [2.24, 2.45) is 0 Å². The smallest absolute Gasteiger partial charge is 0.330 e. The van der Waals surface area contributed by atoms with Gasteiger partial charge in [0, 0.05) is 30.4 Å². The van der Waals surface area contributed by atoms with Crippen molar-refractivity contribution >= 4 is 16.9 Å². The fraction of sp³-hybridized carbons (Fsp3) is 0.500. The summed E-state index contributed by atoms with van der Waals surface area (Å²) in [7, 11) is 0. The summed E-state index contributed by atoms with van der Waals surface area (Å²) in [5.74, 6) is 2.16. The molecule has 1 aromatic carbocycles. The van der Waals surface area contributed by atoms with Gasteiger partial charge in [-0.15, -0.1) is 0 Å². The zero-order valence-electron chi connectivity index (χ0n) is 22.7. The number of hydrogen-bond acceptors (Lipinski definition) is 9. The zero-order chi connectivity index (χ0) is 28.4. The molecule has 0 bridgehead atoms. The van der Waals surface area contributed by atoms with E-state index in [9.17, 15) is 25.2 Å². The Hall–Kier alpha value is -3.11. The third-order valence-electron chi connectivity index (χ3n) is 6.56. The molecule has 2 aromatic heterocycles. The highest BCUT2D eigenvalue weighted by Gasteiger charge is 2.25. The molecule has 0 aliphatic carbocycles. The monoisotopic (exact) mass is 544 g/mol. The van der Waals surface area contributed by atoms with Gasteiger partial charge in [0.25, 0.3) is 0 Å². The first kappa shape index (κ1) is 30.4. The van der Waals surface area contributed by atoms with Crippen LogP contribution in [0, 0.1) is 6.92 Å². The highest BCUT2D eigenvalue weighted by Crippen LogP contribution is 2.34. The van der Waals surface area contributed by atoms with Crippen molar-refractivity contribution in [3.05, 3.63) is 54.3 Å². The van der Waals surface area contributed by atoms with E-state index in [1.54, 1.807) is 12.1 Å². The van der Waals surface area contributed by atoms with Crippen molar-refractivity contribution in [3.63, 3.8) is 0 Å². The van der Waals surface area contributed by atoms with E-state index < -0.39 is 30.4 Å². The number of furan rings is 2. The second-order valence-electron chi connectivity index (χ2n) is 9.82. The third kappa shape index (κ3) is 8.96. The van der Waals surface area contributed by atoms with Crippen LogP contribution < -0.4 is 4.74 Å². The Kier molecular flexibility index (Phi) is 11.6. The van der Waals surface area contributed by atoms with Crippen molar-refractivity contribution in [2.45, 2.75) is 83.2 Å². The Balaban J connectivity index is 1.50. The van der Waals surface area contributed by atoms with Crippen LogP contribution in [0.4, 0.5) is 0 Å². The second-order valence-corrected chi connectivity index (χ2v) is 9.82. The van der Waals surface area contributed by atoms with Crippen molar-refractivity contribution in [1.82, 2.24) is 0 Å². The molecule has 39 heavy (non-hydrogen) atoms. The van der Waals surface area contributed by atoms with Crippen LogP contribution in [-0.2, 0) is 16.0 Å². The lowest BCUT2D eigenvalue weighted by Gasteiger charge is -2.23. The summed E-state index contributed by atoms with van der Waals surface area (Å²) in [6.07, 6.45) is 0.555. The first-order chi connectivity index (χ1) is 18.7. The normalized spacial score (nSPS) is 14.6. The fourth-order valence-electron chi connectivity index (χ4n) is 4.25. The number of aliphatic hydroxyl groups is 4. The molecular weight excluding hydrogens is 504 g/mol. The molecule has 0 spiro atoms. The second kappa shape index (κ2) is 14.9. The molecule has 4 atom stereocenters. The molecule has 3 aromatic rings. The molecule has 9 nitrogen and oxygen atoms in total. The molecular formula is C30H40O9. The van der Waals surface area contributed by atoms with Crippen LogP contribution >= 0.6 is 0 Å². The van der Waals surface area contributed by atoms with E-state index in [0.29, 0.717) is 29.3 Å². The highest BCUT2D eigenvalue weighted by atomic mass is 16.5. The number of rotatable bonds is 17. The first-order valence-electron chi connectivity index (χ1n) is 13.5. The van der Waals surface area contributed by atoms with Gasteiger partial charge in [0.05, 0.1) is 24.9 Å². The molecule has 4 unspecified atom stereocenters. The average molecular weight is 545 g/mol. The molecule has 0 amide bonds. The number of unbranched alkanes of at least 4 members (excludes halogenated alkanes) is 2. The molecule has 214 valence electrons. The summed E-state index contributed by atoms with van der Waals surface area (Å²) in [5.41, 5.74) is 1.61. The summed E-state index contributed by atoms with van der Waals surface area (Å²) in [5, 5.41) is 41.7. The van der Waals surface area contributed by atoms with Crippen molar-refractivity contribution in [3.8, 4) is 17.3 Å². The van der Waals surface area contributed by atoms with Crippen LogP contribution in [0.2, 0.25) is 0 Å². The fourth-order valence-corrected chi connectivity index (χ4v) is 4.25. The summed E-state index contributed by atoms with van der Waals surface area (Å²) >= 11 is 0. The Morgan fingerprint density at radius 3 is 2.51 bits per heavy atom. The van der Waals surface area contributed by atoms with Crippen LogP contribution in [-0.4, -0.2) is 64.0 Å². The SMILES string of the molecule is C=CC(=O)OCCCC(O)C(O)CC(O)C(O)COc1ccc2cc(-c3oc(CCCCC)cc3C)oc2c1. The summed E-state index contributed by atoms with van der Waals surface area (Å²) in [4.78, 5) is 11.0. The van der Waals surface area contributed by atoms with Gasteiger partial charge >= 0.3 is 5.97 Å². The molecule has 0 fully saturated rings. The van der Waals surface area contributed by atoms with Crippen LogP contribution in [0.25, 0.3) is 22.5 Å². The number of esters is 1. The maximum Gasteiger partial charge on any atom is 0.330 e. The van der Waals surface area contributed by atoms with E-state index in [-0.39, 0.29) is 26.1 Å². The maximum atomic E-state index is 11.0. The molecule has 4 N–H and O–H groups in total. The topological polar surface area (TPSA) is 143 Å². The van der Waals surface area contributed by atoms with Crippen molar-refractivity contribution in [1.29, 1.82) is 0 Å². The molecule has 9 heteroatoms. The molecule has 2 heterocycles. The number of carbonyl (C=O) groups is 1. The van der Waals surface area contributed by atoms with Gasteiger partial charge in [-0.3, -0.25) is 0 Å². The van der Waals surface area contributed by atoms with Gasteiger partial charge < -0.3 is 38.7 Å². The standard InChI is InChI=1S/C30H40O9/c1-4-6-7-9-22-14-19(3)30(38-22)28-15-20-11-12-21(16-27(20)39-28)37-18-26(34)25(33)17-24(32)23(31)10-8-13-36-29(35)5-2/h5,11-12,14-16,23-26,31-34H,2,4,6-10,13,17-18H2,1,3H3. The minimum absolute atomic E-state index is 0.0797. The zero-order valence-corrected chi connectivity index (χ0v) is 22.7. The Morgan fingerprint density at radius 2 is 1.77 bits per heavy atom. The Labute approximate surface area is 228 Å². The predicted molar refractivity (Wildman–Crippen MR) is 146 cm³/mol. The Bertz CT molecular complexity index is 1190. The lowest BCUT2D eigenvalue weighted by atomic mass is 10.0. The number of ether oxygens (including phenoxy) is 2. The molecule has 0 aliphatic rings. The van der Waals surface area contributed by atoms with Gasteiger partial charge in [0.2, 0.25) is 0 Å². The van der Waals surface area contributed by atoms with Crippen LogP contribution in [0.5, 0.6) is 5.75 Å². The lowest BCUT2D eigenvalue weighted by Crippen LogP contribution is -2.38. The van der Waals surface area contributed by atoms with Crippen LogP contribution in [0.15, 0.2) is 51.8 Å². The van der Waals surface area contributed by atoms with Crippen LogP contribution in [0.3, 0.4) is 0 Å². The van der Waals surface area contributed by atoms with Gasteiger partial charge in [0.1, 0.15) is 29.8 Å². The minimum Gasteiger partial charge on any atom is -0.491 e. The number of aliphatic hydroxyl groups excluding tert-OH is 4. The predicted octanol–water partition coefficient (Wildman–Crippen LogP) is 4.46.